The van der Waals surface area contributed by atoms with Crippen LogP contribution in [0.5, 0.6) is 5.75 Å². The summed E-state index contributed by atoms with van der Waals surface area (Å²) in [6.45, 7) is 2.59. The second kappa shape index (κ2) is 4.67. The molecule has 1 unspecified atom stereocenters. The number of hydrogen-bond acceptors (Lipinski definition) is 3. The Balaban J connectivity index is 1.71. The monoisotopic (exact) mass is 232 g/mol. The topological polar surface area (TPSA) is 47.3 Å². The second-order valence-electron chi connectivity index (χ2n) is 5.11. The lowest BCUT2D eigenvalue weighted by Gasteiger charge is -2.17. The van der Waals surface area contributed by atoms with Gasteiger partial charge in [-0.1, -0.05) is 12.1 Å². The van der Waals surface area contributed by atoms with Crippen molar-refractivity contribution in [2.75, 3.05) is 19.7 Å². The first kappa shape index (κ1) is 11.1. The van der Waals surface area contributed by atoms with Gasteiger partial charge < -0.3 is 15.8 Å². The fraction of sp³-hybridized carbons (Fsp3) is 0.571. The molecule has 1 aromatic rings. The van der Waals surface area contributed by atoms with Gasteiger partial charge in [-0.15, -0.1) is 0 Å². The molecule has 0 radical (unpaired) electrons. The molecule has 1 aliphatic heterocycles. The van der Waals surface area contributed by atoms with Gasteiger partial charge in [-0.25, -0.2) is 0 Å². The average Bonchev–Trinajstić information content (AvgIpc) is 3.06. The van der Waals surface area contributed by atoms with E-state index in [1.807, 2.05) is 0 Å². The van der Waals surface area contributed by atoms with Crippen LogP contribution in [-0.2, 0) is 6.42 Å². The molecule has 0 saturated heterocycles. The van der Waals surface area contributed by atoms with Crippen LogP contribution in [0, 0.1) is 5.92 Å². The molecule has 0 amide bonds. The Hall–Kier alpha value is -1.06. The van der Waals surface area contributed by atoms with Gasteiger partial charge >= 0.3 is 0 Å². The molecule has 92 valence electrons. The van der Waals surface area contributed by atoms with Crippen LogP contribution in [0.25, 0.3) is 0 Å². The maximum atomic E-state index is 5.86. The Morgan fingerprint density at radius 2 is 2.29 bits per heavy atom. The summed E-state index contributed by atoms with van der Waals surface area (Å²) in [6.07, 6.45) is 3.79. The molecule has 3 nitrogen and oxygen atoms in total. The molecule has 1 atom stereocenters. The van der Waals surface area contributed by atoms with Crippen LogP contribution in [0.15, 0.2) is 18.2 Å². The molecule has 3 rings (SSSR count). The maximum Gasteiger partial charge on any atom is 0.122 e. The van der Waals surface area contributed by atoms with Crippen molar-refractivity contribution in [3.63, 3.8) is 0 Å². The van der Waals surface area contributed by atoms with E-state index in [2.05, 4.69) is 23.5 Å². The molecule has 0 spiro atoms. The van der Waals surface area contributed by atoms with Crippen LogP contribution in [0.2, 0.25) is 0 Å². The third-order valence-electron chi connectivity index (χ3n) is 3.70. The van der Waals surface area contributed by atoms with Gasteiger partial charge in [0.15, 0.2) is 0 Å². The molecule has 2 aliphatic rings. The Labute approximate surface area is 102 Å². The Kier molecular flexibility index (Phi) is 3.04. The highest BCUT2D eigenvalue weighted by Crippen LogP contribution is 2.30. The summed E-state index contributed by atoms with van der Waals surface area (Å²) in [5.74, 6) is 1.94. The summed E-state index contributed by atoms with van der Waals surface area (Å²) in [5, 5.41) is 3.57. The van der Waals surface area contributed by atoms with Crippen LogP contribution < -0.4 is 15.8 Å². The van der Waals surface area contributed by atoms with Crippen molar-refractivity contribution in [3.8, 4) is 5.75 Å². The summed E-state index contributed by atoms with van der Waals surface area (Å²) in [6, 6.07) is 6.77. The second-order valence-corrected chi connectivity index (χ2v) is 5.11. The normalized spacial score (nSPS) is 19.8. The molecule has 17 heavy (non-hydrogen) atoms. The Morgan fingerprint density at radius 1 is 1.41 bits per heavy atom. The smallest absolute Gasteiger partial charge is 0.122 e. The van der Waals surface area contributed by atoms with Crippen molar-refractivity contribution in [1.29, 1.82) is 0 Å². The average molecular weight is 232 g/mol. The van der Waals surface area contributed by atoms with Gasteiger partial charge in [0.05, 0.1) is 6.61 Å². The number of hydrogen-bond donors (Lipinski definition) is 2. The van der Waals surface area contributed by atoms with Crippen molar-refractivity contribution in [2.45, 2.75) is 25.3 Å². The van der Waals surface area contributed by atoms with Gasteiger partial charge in [0.25, 0.3) is 0 Å². The third-order valence-corrected chi connectivity index (χ3v) is 3.70. The van der Waals surface area contributed by atoms with Gasteiger partial charge in [0.1, 0.15) is 5.75 Å². The first-order valence-corrected chi connectivity index (χ1v) is 6.56. The lowest BCUT2D eigenvalue weighted by atomic mass is 10.0. The molecule has 3 N–H and O–H groups in total. The van der Waals surface area contributed by atoms with E-state index < -0.39 is 0 Å². The lowest BCUT2D eigenvalue weighted by molar-refractivity contribution is 0.356. The molecular weight excluding hydrogens is 212 g/mol. The van der Waals surface area contributed by atoms with Gasteiger partial charge in [-0.3, -0.25) is 0 Å². The summed E-state index contributed by atoms with van der Waals surface area (Å²) in [5.41, 5.74) is 8.49. The zero-order valence-electron chi connectivity index (χ0n) is 10.1. The number of benzene rings is 1. The molecule has 1 saturated carbocycles. The molecule has 0 aromatic heterocycles. The highest BCUT2D eigenvalue weighted by atomic mass is 16.5. The maximum absolute atomic E-state index is 5.86. The Bertz CT molecular complexity index is 401. The molecule has 1 fully saturated rings. The minimum Gasteiger partial charge on any atom is -0.493 e. The minimum atomic E-state index is 0.293. The quantitative estimate of drug-likeness (QED) is 0.811. The van der Waals surface area contributed by atoms with Crippen molar-refractivity contribution >= 4 is 0 Å². The summed E-state index contributed by atoms with van der Waals surface area (Å²) < 4.78 is 5.52. The number of nitrogens with one attached hydrogen (secondary N) is 1. The van der Waals surface area contributed by atoms with Crippen LogP contribution in [-0.4, -0.2) is 19.7 Å². The largest absolute Gasteiger partial charge is 0.493 e. The molecule has 1 heterocycles. The fourth-order valence-electron chi connectivity index (χ4n) is 2.39. The number of rotatable bonds is 5. The van der Waals surface area contributed by atoms with Crippen molar-refractivity contribution in [3.05, 3.63) is 29.3 Å². The van der Waals surface area contributed by atoms with Crippen LogP contribution in [0.1, 0.15) is 30.0 Å². The van der Waals surface area contributed by atoms with Crippen LogP contribution in [0.3, 0.4) is 0 Å². The first-order chi connectivity index (χ1) is 8.36. The molecule has 3 heteroatoms. The highest BCUT2D eigenvalue weighted by molar-refractivity contribution is 5.40. The zero-order chi connectivity index (χ0) is 11.7. The van der Waals surface area contributed by atoms with Crippen molar-refractivity contribution in [1.82, 2.24) is 5.32 Å². The van der Waals surface area contributed by atoms with Gasteiger partial charge in [-0.05, 0) is 42.5 Å². The van der Waals surface area contributed by atoms with Crippen LogP contribution in [0.4, 0.5) is 0 Å². The predicted octanol–water partition coefficient (Wildman–Crippen LogP) is 1.62. The van der Waals surface area contributed by atoms with Crippen molar-refractivity contribution < 1.29 is 4.74 Å². The highest BCUT2D eigenvalue weighted by Gasteiger charge is 2.23. The minimum absolute atomic E-state index is 0.293. The van der Waals surface area contributed by atoms with E-state index in [0.717, 1.165) is 31.2 Å². The molecule has 1 aliphatic carbocycles. The predicted molar refractivity (Wildman–Crippen MR) is 68.2 cm³/mol. The van der Waals surface area contributed by atoms with E-state index in [-0.39, 0.29) is 0 Å². The SMILES string of the molecule is NCC(NCC1CC1)c1ccc2c(c1)CCO2. The summed E-state index contributed by atoms with van der Waals surface area (Å²) in [7, 11) is 0. The third kappa shape index (κ3) is 2.45. The molecule has 1 aromatic carbocycles. The summed E-state index contributed by atoms with van der Waals surface area (Å²) in [4.78, 5) is 0. The van der Waals surface area contributed by atoms with E-state index in [0.29, 0.717) is 12.6 Å². The molecular formula is C14H20N2O. The Morgan fingerprint density at radius 3 is 3.06 bits per heavy atom. The fourth-order valence-corrected chi connectivity index (χ4v) is 2.39. The van der Waals surface area contributed by atoms with E-state index in [1.54, 1.807) is 0 Å². The summed E-state index contributed by atoms with van der Waals surface area (Å²) >= 11 is 0. The lowest BCUT2D eigenvalue weighted by Crippen LogP contribution is -2.29. The standard InChI is InChI=1S/C14H20N2O/c15-8-13(16-9-10-1-2-10)11-3-4-14-12(7-11)5-6-17-14/h3-4,7,10,13,16H,1-2,5-6,8-9,15H2. The van der Waals surface area contributed by atoms with E-state index in [1.165, 1.54) is 24.0 Å². The van der Waals surface area contributed by atoms with Crippen molar-refractivity contribution in [2.24, 2.45) is 11.7 Å². The van der Waals surface area contributed by atoms with E-state index >= 15 is 0 Å². The van der Waals surface area contributed by atoms with Gasteiger partial charge in [0, 0.05) is 19.0 Å². The molecule has 0 bridgehead atoms. The van der Waals surface area contributed by atoms with E-state index in [9.17, 15) is 0 Å². The van der Waals surface area contributed by atoms with Gasteiger partial charge in [-0.2, -0.15) is 0 Å². The number of ether oxygens (including phenoxy) is 1. The first-order valence-electron chi connectivity index (χ1n) is 6.56. The zero-order valence-corrected chi connectivity index (χ0v) is 10.1. The number of fused-ring (bicyclic) bond motifs is 1. The van der Waals surface area contributed by atoms with E-state index in [4.69, 9.17) is 10.5 Å². The number of nitrogens with two attached hydrogens (primary N) is 1. The van der Waals surface area contributed by atoms with Crippen LogP contribution >= 0.6 is 0 Å². The van der Waals surface area contributed by atoms with Gasteiger partial charge in [0.2, 0.25) is 0 Å².